The molecule has 5 heteroatoms. The number of halogens is 1. The van der Waals surface area contributed by atoms with Crippen molar-refractivity contribution in [2.24, 2.45) is 5.92 Å². The first kappa shape index (κ1) is 27.0. The molecule has 3 N–H and O–H groups in total. The summed E-state index contributed by atoms with van der Waals surface area (Å²) >= 11 is 0. The quantitative estimate of drug-likeness (QED) is 0.255. The Balaban J connectivity index is 0. The zero-order chi connectivity index (χ0) is 19.2. The zero-order valence-electron chi connectivity index (χ0n) is 17.8. The molecule has 0 aliphatic carbocycles. The van der Waals surface area contributed by atoms with E-state index in [0.29, 0.717) is 13.1 Å². The smallest absolute Gasteiger partial charge is 0.0290 e. The highest BCUT2D eigenvalue weighted by molar-refractivity contribution is 4.64. The molecule has 0 aliphatic rings. The fourth-order valence-electron chi connectivity index (χ4n) is 2.70. The van der Waals surface area contributed by atoms with Gasteiger partial charge in [0.15, 0.2) is 0 Å². The van der Waals surface area contributed by atoms with Crippen LogP contribution in [0, 0.1) is 5.92 Å². The summed E-state index contributed by atoms with van der Waals surface area (Å²) in [6, 6.07) is 0. The lowest BCUT2D eigenvalue weighted by Crippen LogP contribution is -2.29. The molecule has 0 rings (SSSR count). The number of unbranched alkanes of at least 4 members (excludes halogenated alkanes) is 1. The Morgan fingerprint density at radius 3 is 2.12 bits per heavy atom. The van der Waals surface area contributed by atoms with Gasteiger partial charge in [-0.3, -0.25) is 0 Å². The maximum atomic E-state index is 12.9. The number of rotatable bonds is 18. The molecule has 0 spiro atoms. The van der Waals surface area contributed by atoms with Crippen molar-refractivity contribution in [1.29, 1.82) is 0 Å². The minimum absolute atomic E-state index is 0.494. The van der Waals surface area contributed by atoms with Gasteiger partial charge in [-0.1, -0.05) is 34.1 Å². The van der Waals surface area contributed by atoms with Gasteiger partial charge in [-0.2, -0.15) is 0 Å². The van der Waals surface area contributed by atoms with Crippen LogP contribution in [-0.4, -0.2) is 57.5 Å². The molecule has 154 valence electrons. The van der Waals surface area contributed by atoms with E-state index in [-0.39, 0.29) is 0 Å². The van der Waals surface area contributed by atoms with Crippen LogP contribution in [0.3, 0.4) is 0 Å². The minimum atomic E-state index is 0.494. The third kappa shape index (κ3) is 21.7. The lowest BCUT2D eigenvalue weighted by atomic mass is 9.99. The summed E-state index contributed by atoms with van der Waals surface area (Å²) < 4.78 is 12.9. The monoisotopic (exact) mass is 362 g/mol. The molecular weight excluding hydrogens is 315 g/mol. The van der Waals surface area contributed by atoms with Gasteiger partial charge < -0.3 is 16.0 Å². The first-order chi connectivity index (χ1) is 12.2. The summed E-state index contributed by atoms with van der Waals surface area (Å²) in [5, 5.41) is 11.3. The topological polar surface area (TPSA) is 39.3 Å². The van der Waals surface area contributed by atoms with E-state index in [4.69, 9.17) is 0 Å². The molecule has 0 bridgehead atoms. The SMILES string of the molecule is CC.CCCC(CCNCCCCN(F)CC)CNCCCNCC. The molecule has 1 unspecified atom stereocenters. The van der Waals surface area contributed by atoms with Crippen molar-refractivity contribution in [1.82, 2.24) is 21.1 Å². The van der Waals surface area contributed by atoms with Crippen LogP contribution >= 0.6 is 0 Å². The Bertz CT molecular complexity index is 230. The van der Waals surface area contributed by atoms with Crippen LogP contribution in [0.25, 0.3) is 0 Å². The Hall–Kier alpha value is -0.230. The molecule has 4 nitrogen and oxygen atoms in total. The Labute approximate surface area is 157 Å². The van der Waals surface area contributed by atoms with Gasteiger partial charge in [0.2, 0.25) is 0 Å². The lowest BCUT2D eigenvalue weighted by molar-refractivity contribution is 0.0303. The molecule has 1 atom stereocenters. The predicted octanol–water partition coefficient (Wildman–Crippen LogP) is 3.98. The van der Waals surface area contributed by atoms with E-state index in [2.05, 4.69) is 29.8 Å². The molecular formula is C20H47FN4. The van der Waals surface area contributed by atoms with Crippen LogP contribution in [0.5, 0.6) is 0 Å². The van der Waals surface area contributed by atoms with E-state index in [1.807, 2.05) is 20.8 Å². The Morgan fingerprint density at radius 1 is 0.800 bits per heavy atom. The van der Waals surface area contributed by atoms with Crippen LogP contribution in [0.4, 0.5) is 4.48 Å². The van der Waals surface area contributed by atoms with Crippen molar-refractivity contribution in [3.8, 4) is 0 Å². The summed E-state index contributed by atoms with van der Waals surface area (Å²) in [6.07, 6.45) is 6.99. The molecule has 0 amide bonds. The number of hydrogen-bond acceptors (Lipinski definition) is 4. The summed E-state index contributed by atoms with van der Waals surface area (Å²) in [4.78, 5) is 0. The Kier molecular flexibility index (Phi) is 25.7. The summed E-state index contributed by atoms with van der Waals surface area (Å²) in [5.41, 5.74) is 0. The van der Waals surface area contributed by atoms with Crippen molar-refractivity contribution in [2.75, 3.05) is 52.4 Å². The van der Waals surface area contributed by atoms with Crippen molar-refractivity contribution >= 4 is 0 Å². The summed E-state index contributed by atoms with van der Waals surface area (Å²) in [5.74, 6) is 0.771. The second-order valence-electron chi connectivity index (χ2n) is 6.31. The average Bonchev–Trinajstić information content (AvgIpc) is 2.64. The first-order valence-electron chi connectivity index (χ1n) is 10.8. The van der Waals surface area contributed by atoms with E-state index >= 15 is 0 Å². The molecule has 25 heavy (non-hydrogen) atoms. The highest BCUT2D eigenvalue weighted by Gasteiger charge is 2.07. The van der Waals surface area contributed by atoms with Gasteiger partial charge in [0.25, 0.3) is 0 Å². The largest absolute Gasteiger partial charge is 0.317 e. The van der Waals surface area contributed by atoms with Gasteiger partial charge in [0, 0.05) is 13.1 Å². The van der Waals surface area contributed by atoms with Crippen LogP contribution in [0.15, 0.2) is 0 Å². The van der Waals surface area contributed by atoms with Gasteiger partial charge in [-0.15, -0.1) is 9.60 Å². The minimum Gasteiger partial charge on any atom is -0.317 e. The van der Waals surface area contributed by atoms with Gasteiger partial charge in [0.1, 0.15) is 0 Å². The Morgan fingerprint density at radius 2 is 1.48 bits per heavy atom. The molecule has 0 aromatic heterocycles. The van der Waals surface area contributed by atoms with Crippen molar-refractivity contribution < 1.29 is 4.48 Å². The molecule has 0 aromatic rings. The van der Waals surface area contributed by atoms with Crippen LogP contribution in [0.2, 0.25) is 0 Å². The second kappa shape index (κ2) is 23.8. The molecule has 0 aromatic carbocycles. The van der Waals surface area contributed by atoms with Crippen LogP contribution in [-0.2, 0) is 0 Å². The predicted molar refractivity (Wildman–Crippen MR) is 111 cm³/mol. The molecule has 0 aliphatic heterocycles. The lowest BCUT2D eigenvalue weighted by Gasteiger charge is -2.17. The first-order valence-corrected chi connectivity index (χ1v) is 10.8. The van der Waals surface area contributed by atoms with Gasteiger partial charge >= 0.3 is 0 Å². The van der Waals surface area contributed by atoms with Gasteiger partial charge in [-0.05, 0) is 84.2 Å². The van der Waals surface area contributed by atoms with E-state index in [1.165, 1.54) is 25.7 Å². The fourth-order valence-corrected chi connectivity index (χ4v) is 2.70. The van der Waals surface area contributed by atoms with Crippen molar-refractivity contribution in [3.05, 3.63) is 0 Å². The average molecular weight is 363 g/mol. The van der Waals surface area contributed by atoms with Crippen molar-refractivity contribution in [2.45, 2.75) is 73.1 Å². The van der Waals surface area contributed by atoms with E-state index in [1.54, 1.807) is 0 Å². The zero-order valence-corrected chi connectivity index (χ0v) is 17.8. The standard InChI is InChI=1S/C18H41FN4.C2H6/c1-4-10-18(17-22-14-9-13-20-5-2)11-15-21-12-7-8-16-23(19)6-3;1-2/h18,20-22H,4-17H2,1-3H3;1-2H3. The molecule has 0 saturated carbocycles. The van der Waals surface area contributed by atoms with E-state index in [0.717, 1.165) is 63.2 Å². The molecule has 0 fully saturated rings. The maximum Gasteiger partial charge on any atom is 0.0290 e. The number of nitrogens with zero attached hydrogens (tertiary/aromatic N) is 1. The second-order valence-corrected chi connectivity index (χ2v) is 6.31. The van der Waals surface area contributed by atoms with Crippen LogP contribution in [0.1, 0.15) is 73.1 Å². The fraction of sp³-hybridized carbons (Fsp3) is 1.00. The summed E-state index contributed by atoms with van der Waals surface area (Å²) in [6.45, 7) is 17.8. The van der Waals surface area contributed by atoms with Crippen LogP contribution < -0.4 is 16.0 Å². The van der Waals surface area contributed by atoms with Gasteiger partial charge in [-0.25, -0.2) is 0 Å². The normalized spacial score (nSPS) is 12.1. The van der Waals surface area contributed by atoms with E-state index < -0.39 is 0 Å². The summed E-state index contributed by atoms with van der Waals surface area (Å²) in [7, 11) is 0. The molecule has 0 heterocycles. The molecule has 0 radical (unpaired) electrons. The molecule has 0 saturated heterocycles. The maximum absolute atomic E-state index is 12.9. The van der Waals surface area contributed by atoms with E-state index in [9.17, 15) is 4.48 Å². The van der Waals surface area contributed by atoms with Crippen molar-refractivity contribution in [3.63, 3.8) is 0 Å². The third-order valence-corrected chi connectivity index (χ3v) is 4.16. The third-order valence-electron chi connectivity index (χ3n) is 4.16. The number of nitrogens with one attached hydrogen (secondary N) is 3. The highest BCUT2D eigenvalue weighted by Crippen LogP contribution is 2.09. The highest BCUT2D eigenvalue weighted by atomic mass is 19.2. The van der Waals surface area contributed by atoms with Gasteiger partial charge in [0.05, 0.1) is 0 Å². The number of hydrogen-bond donors (Lipinski definition) is 3.